The van der Waals surface area contributed by atoms with Crippen molar-refractivity contribution >= 4 is 34.9 Å². The second-order valence-corrected chi connectivity index (χ2v) is 9.90. The smallest absolute Gasteiger partial charge is 0.360 e. The molecule has 0 aliphatic rings. The third-order valence-corrected chi connectivity index (χ3v) is 9.00. The van der Waals surface area contributed by atoms with Gasteiger partial charge in [-0.1, -0.05) is 59.8 Å². The van der Waals surface area contributed by atoms with Gasteiger partial charge in [0.25, 0.3) is 0 Å². The maximum absolute atomic E-state index is 12.7. The largest absolute Gasteiger partial charge is 0.461 e. The Morgan fingerprint density at radius 3 is 1.55 bits per heavy atom. The molecule has 0 radical (unpaired) electrons. The number of oxime groups is 1. The normalized spacial score (nSPS) is 11.7. The second kappa shape index (κ2) is 9.99. The van der Waals surface area contributed by atoms with Crippen LogP contribution in [0.2, 0.25) is 0 Å². The lowest BCUT2D eigenvalue weighted by atomic mass is 10.3. The van der Waals surface area contributed by atoms with E-state index in [0.29, 0.717) is 11.9 Å². The highest BCUT2D eigenvalue weighted by atomic mass is 31.2. The highest BCUT2D eigenvalue weighted by Gasteiger charge is 2.48. The van der Waals surface area contributed by atoms with E-state index in [1.54, 1.807) is 6.92 Å². The summed E-state index contributed by atoms with van der Waals surface area (Å²) in [5.41, 5.74) is 0.291. The molecule has 0 saturated carbocycles. The standard InChI is InChI=1S/C24H25NO3P/c1-3-28-24(26)23(25-27-2)19-29(20-13-7-4-8-14-20,21-15-9-5-10-16-21)22-17-11-6-12-18-22/h4-18H,3,19H2,1-2H3/q+1/b25-23+. The molecule has 3 aromatic carbocycles. The molecule has 0 aliphatic carbocycles. The fraction of sp³-hybridized carbons (Fsp3) is 0.167. The summed E-state index contributed by atoms with van der Waals surface area (Å²) in [5, 5.41) is 7.59. The molecular weight excluding hydrogens is 381 g/mol. The van der Waals surface area contributed by atoms with Crippen LogP contribution in [-0.2, 0) is 14.4 Å². The van der Waals surface area contributed by atoms with Crippen LogP contribution in [0.15, 0.2) is 96.2 Å². The van der Waals surface area contributed by atoms with E-state index in [1.165, 1.54) is 23.0 Å². The van der Waals surface area contributed by atoms with E-state index in [4.69, 9.17) is 9.57 Å². The Balaban J connectivity index is 2.27. The first-order valence-corrected chi connectivity index (χ1v) is 11.5. The van der Waals surface area contributed by atoms with Crippen LogP contribution < -0.4 is 15.9 Å². The highest BCUT2D eigenvalue weighted by Crippen LogP contribution is 2.55. The molecule has 4 nitrogen and oxygen atoms in total. The van der Waals surface area contributed by atoms with Crippen molar-refractivity contribution in [2.75, 3.05) is 19.9 Å². The summed E-state index contributed by atoms with van der Waals surface area (Å²) >= 11 is 0. The Bertz CT molecular complexity index is 847. The number of hydrogen-bond acceptors (Lipinski definition) is 4. The van der Waals surface area contributed by atoms with E-state index in [1.807, 2.05) is 54.6 Å². The summed E-state index contributed by atoms with van der Waals surface area (Å²) in [5.74, 6) is -0.443. The van der Waals surface area contributed by atoms with Crippen LogP contribution in [0.5, 0.6) is 0 Å². The molecule has 0 heterocycles. The van der Waals surface area contributed by atoms with E-state index in [0.717, 1.165) is 0 Å². The topological polar surface area (TPSA) is 47.9 Å². The third-order valence-electron chi connectivity index (χ3n) is 4.69. The Hall–Kier alpha value is -2.97. The van der Waals surface area contributed by atoms with E-state index < -0.39 is 13.2 Å². The molecule has 0 spiro atoms. The van der Waals surface area contributed by atoms with Crippen molar-refractivity contribution in [2.45, 2.75) is 6.92 Å². The van der Waals surface area contributed by atoms with Gasteiger partial charge in [0.2, 0.25) is 5.71 Å². The van der Waals surface area contributed by atoms with Gasteiger partial charge >= 0.3 is 5.97 Å². The third kappa shape index (κ3) is 4.55. The molecule has 0 saturated heterocycles. The van der Waals surface area contributed by atoms with Gasteiger partial charge in [0.05, 0.1) is 6.61 Å². The number of hydrogen-bond donors (Lipinski definition) is 0. The van der Waals surface area contributed by atoms with Gasteiger partial charge in [0.15, 0.2) is 0 Å². The molecular formula is C24H25NO3P+. The molecule has 3 rings (SSSR count). The van der Waals surface area contributed by atoms with Gasteiger partial charge in [0.1, 0.15) is 36.4 Å². The molecule has 0 atom stereocenters. The van der Waals surface area contributed by atoms with Crippen LogP contribution in [0, 0.1) is 0 Å². The lowest BCUT2D eigenvalue weighted by Crippen LogP contribution is -2.38. The van der Waals surface area contributed by atoms with Gasteiger partial charge in [-0.3, -0.25) is 0 Å². The van der Waals surface area contributed by atoms with Crippen molar-refractivity contribution < 1.29 is 14.4 Å². The van der Waals surface area contributed by atoms with Crippen LogP contribution >= 0.6 is 7.26 Å². The molecule has 0 N–H and O–H groups in total. The average molecular weight is 406 g/mol. The minimum Gasteiger partial charge on any atom is -0.461 e. The molecule has 0 bridgehead atoms. The summed E-state index contributed by atoms with van der Waals surface area (Å²) in [6.45, 7) is 2.07. The van der Waals surface area contributed by atoms with E-state index in [-0.39, 0.29) is 6.61 Å². The van der Waals surface area contributed by atoms with Gasteiger partial charge in [-0.15, -0.1) is 0 Å². The van der Waals surface area contributed by atoms with Crippen LogP contribution in [0.25, 0.3) is 0 Å². The van der Waals surface area contributed by atoms with Gasteiger partial charge < -0.3 is 9.57 Å². The van der Waals surface area contributed by atoms with Gasteiger partial charge in [-0.25, -0.2) is 4.79 Å². The minimum absolute atomic E-state index is 0.287. The summed E-state index contributed by atoms with van der Waals surface area (Å²) in [4.78, 5) is 17.7. The van der Waals surface area contributed by atoms with Crippen LogP contribution in [0.4, 0.5) is 0 Å². The van der Waals surface area contributed by atoms with Crippen molar-refractivity contribution in [3.63, 3.8) is 0 Å². The molecule has 148 valence electrons. The first-order chi connectivity index (χ1) is 14.2. The summed E-state index contributed by atoms with van der Waals surface area (Å²) in [6.07, 6.45) is 0.414. The Morgan fingerprint density at radius 2 is 1.21 bits per heavy atom. The first-order valence-electron chi connectivity index (χ1n) is 9.54. The summed E-state index contributed by atoms with van der Waals surface area (Å²) in [7, 11) is -0.777. The number of ether oxygens (including phenoxy) is 1. The first kappa shape index (κ1) is 20.8. The zero-order valence-corrected chi connectivity index (χ0v) is 17.6. The van der Waals surface area contributed by atoms with Crippen molar-refractivity contribution in [2.24, 2.45) is 5.16 Å². The van der Waals surface area contributed by atoms with Crippen molar-refractivity contribution in [3.8, 4) is 0 Å². The number of carbonyl (C=O) groups is 1. The fourth-order valence-corrected chi connectivity index (χ4v) is 7.57. The van der Waals surface area contributed by atoms with Crippen molar-refractivity contribution in [3.05, 3.63) is 91.0 Å². The molecule has 29 heavy (non-hydrogen) atoms. The molecule has 5 heteroatoms. The maximum atomic E-state index is 12.7. The van der Waals surface area contributed by atoms with Crippen LogP contribution in [0.1, 0.15) is 6.92 Å². The van der Waals surface area contributed by atoms with Crippen LogP contribution in [0.3, 0.4) is 0 Å². The lowest BCUT2D eigenvalue weighted by Gasteiger charge is -2.27. The van der Waals surface area contributed by atoms with Crippen molar-refractivity contribution in [1.29, 1.82) is 0 Å². The molecule has 3 aromatic rings. The SMILES string of the molecule is CCOC(=O)/C(C[P+](c1ccccc1)(c1ccccc1)c1ccccc1)=N/OC. The van der Waals surface area contributed by atoms with Gasteiger partial charge in [-0.2, -0.15) is 0 Å². The zero-order valence-electron chi connectivity index (χ0n) is 16.7. The van der Waals surface area contributed by atoms with Crippen molar-refractivity contribution in [1.82, 2.24) is 0 Å². The van der Waals surface area contributed by atoms with E-state index in [9.17, 15) is 4.79 Å². The average Bonchev–Trinajstić information content (AvgIpc) is 2.79. The minimum atomic E-state index is -2.23. The number of nitrogens with zero attached hydrogens (tertiary/aromatic N) is 1. The monoisotopic (exact) mass is 406 g/mol. The summed E-state index contributed by atoms with van der Waals surface area (Å²) in [6, 6.07) is 31.0. The number of benzene rings is 3. The van der Waals surface area contributed by atoms with Gasteiger partial charge in [-0.05, 0) is 43.3 Å². The quantitative estimate of drug-likeness (QED) is 0.249. The van der Waals surface area contributed by atoms with E-state index in [2.05, 4.69) is 41.6 Å². The van der Waals surface area contributed by atoms with Crippen LogP contribution in [-0.4, -0.2) is 31.6 Å². The molecule has 0 unspecified atom stereocenters. The molecule has 0 aliphatic heterocycles. The lowest BCUT2D eigenvalue weighted by molar-refractivity contribution is -0.135. The van der Waals surface area contributed by atoms with Gasteiger partial charge in [0, 0.05) is 0 Å². The second-order valence-electron chi connectivity index (χ2n) is 6.42. The Kier molecular flexibility index (Phi) is 7.15. The Morgan fingerprint density at radius 1 is 0.793 bits per heavy atom. The fourth-order valence-electron chi connectivity index (χ4n) is 3.45. The number of carbonyl (C=O) groups excluding carboxylic acids is 1. The molecule has 0 aromatic heterocycles. The predicted octanol–water partition coefficient (Wildman–Crippen LogP) is 3.55. The molecule has 0 amide bonds. The van der Waals surface area contributed by atoms with E-state index >= 15 is 0 Å². The molecule has 0 fully saturated rings. The predicted molar refractivity (Wildman–Crippen MR) is 121 cm³/mol. The maximum Gasteiger partial charge on any atom is 0.360 e. The number of esters is 1. The Labute approximate surface area is 172 Å². The highest BCUT2D eigenvalue weighted by molar-refractivity contribution is 7.96. The zero-order chi connectivity index (χ0) is 20.5. The summed E-state index contributed by atoms with van der Waals surface area (Å²) < 4.78 is 5.28. The number of rotatable bonds is 8.